The highest BCUT2D eigenvalue weighted by Gasteiger charge is 2.44. The number of rotatable bonds is 3. The Kier molecular flexibility index (Phi) is 3.47. The lowest BCUT2D eigenvalue weighted by Gasteiger charge is -2.36. The van der Waals surface area contributed by atoms with Gasteiger partial charge in [-0.1, -0.05) is 0 Å². The maximum atomic E-state index is 11.3. The highest BCUT2D eigenvalue weighted by Crippen LogP contribution is 2.30. The number of hydrogen-bond donors (Lipinski definition) is 1. The standard InChI is InChI=1S/C11H20N2O3/c1-12-3-5-13(6-4-12)8-11(10(14)15)2-7-16-9-11/h2-9H2,1H3,(H,14,15). The molecule has 0 bridgehead atoms. The van der Waals surface area contributed by atoms with E-state index < -0.39 is 11.4 Å². The lowest BCUT2D eigenvalue weighted by Crippen LogP contribution is -2.51. The van der Waals surface area contributed by atoms with Crippen molar-refractivity contribution in [1.82, 2.24) is 9.80 Å². The number of piperazine rings is 1. The van der Waals surface area contributed by atoms with Crippen LogP contribution in [0.3, 0.4) is 0 Å². The van der Waals surface area contributed by atoms with Crippen LogP contribution in [-0.4, -0.2) is 73.9 Å². The summed E-state index contributed by atoms with van der Waals surface area (Å²) in [5, 5.41) is 9.33. The summed E-state index contributed by atoms with van der Waals surface area (Å²) in [6.07, 6.45) is 0.647. The zero-order valence-corrected chi connectivity index (χ0v) is 9.81. The summed E-state index contributed by atoms with van der Waals surface area (Å²) in [4.78, 5) is 15.9. The normalized spacial score (nSPS) is 33.1. The maximum Gasteiger partial charge on any atom is 0.313 e. The molecule has 0 aromatic carbocycles. The van der Waals surface area contributed by atoms with Crippen LogP contribution in [-0.2, 0) is 9.53 Å². The topological polar surface area (TPSA) is 53.0 Å². The molecule has 2 aliphatic heterocycles. The summed E-state index contributed by atoms with van der Waals surface area (Å²) in [5.41, 5.74) is -0.657. The van der Waals surface area contributed by atoms with E-state index in [1.807, 2.05) is 0 Å². The number of carboxylic acid groups (broad SMARTS) is 1. The van der Waals surface area contributed by atoms with Crippen LogP contribution >= 0.6 is 0 Å². The van der Waals surface area contributed by atoms with Gasteiger partial charge in [-0.3, -0.25) is 9.69 Å². The zero-order chi connectivity index (χ0) is 11.6. The molecule has 0 aromatic rings. The van der Waals surface area contributed by atoms with Crippen molar-refractivity contribution in [1.29, 1.82) is 0 Å². The molecule has 2 saturated heterocycles. The summed E-state index contributed by atoms with van der Waals surface area (Å²) in [6, 6.07) is 0. The van der Waals surface area contributed by atoms with Crippen molar-refractivity contribution in [2.75, 3.05) is 53.0 Å². The zero-order valence-electron chi connectivity index (χ0n) is 9.81. The van der Waals surface area contributed by atoms with Gasteiger partial charge in [0.2, 0.25) is 0 Å². The molecule has 1 N–H and O–H groups in total. The molecular weight excluding hydrogens is 208 g/mol. The van der Waals surface area contributed by atoms with E-state index >= 15 is 0 Å². The molecule has 2 fully saturated rings. The largest absolute Gasteiger partial charge is 0.481 e. The molecule has 0 amide bonds. The first-order valence-electron chi connectivity index (χ1n) is 5.84. The van der Waals surface area contributed by atoms with Gasteiger partial charge in [0, 0.05) is 39.3 Å². The van der Waals surface area contributed by atoms with Gasteiger partial charge in [0.15, 0.2) is 0 Å². The van der Waals surface area contributed by atoms with E-state index in [9.17, 15) is 9.90 Å². The van der Waals surface area contributed by atoms with Gasteiger partial charge in [0.05, 0.1) is 6.61 Å². The fourth-order valence-corrected chi connectivity index (χ4v) is 2.40. The van der Waals surface area contributed by atoms with Gasteiger partial charge < -0.3 is 14.7 Å². The predicted octanol–water partition coefficient (Wildman–Crippen LogP) is -0.275. The number of likely N-dealkylation sites (N-methyl/N-ethyl adjacent to an activating group) is 1. The van der Waals surface area contributed by atoms with Gasteiger partial charge in [-0.2, -0.15) is 0 Å². The Morgan fingerprint density at radius 2 is 2.06 bits per heavy atom. The van der Waals surface area contributed by atoms with E-state index in [1.165, 1.54) is 0 Å². The van der Waals surface area contributed by atoms with E-state index in [-0.39, 0.29) is 0 Å². The molecule has 0 aliphatic carbocycles. The van der Waals surface area contributed by atoms with E-state index in [0.717, 1.165) is 26.2 Å². The number of carbonyl (C=O) groups is 1. The SMILES string of the molecule is CN1CCN(CC2(C(=O)O)CCOC2)CC1. The Morgan fingerprint density at radius 1 is 1.38 bits per heavy atom. The lowest BCUT2D eigenvalue weighted by atomic mass is 9.86. The first-order valence-corrected chi connectivity index (χ1v) is 5.84. The van der Waals surface area contributed by atoms with Crippen LogP contribution in [0.4, 0.5) is 0 Å². The van der Waals surface area contributed by atoms with Crippen LogP contribution in [0.25, 0.3) is 0 Å². The predicted molar refractivity (Wildman–Crippen MR) is 59.4 cm³/mol. The number of carboxylic acids is 1. The van der Waals surface area contributed by atoms with Crippen LogP contribution in [0.1, 0.15) is 6.42 Å². The molecule has 2 heterocycles. The Hall–Kier alpha value is -0.650. The second-order valence-corrected chi connectivity index (χ2v) is 4.97. The molecule has 92 valence electrons. The molecule has 5 heteroatoms. The number of hydrogen-bond acceptors (Lipinski definition) is 4. The van der Waals surface area contributed by atoms with Crippen LogP contribution < -0.4 is 0 Å². The molecule has 0 radical (unpaired) electrons. The molecule has 16 heavy (non-hydrogen) atoms. The Labute approximate surface area is 96.0 Å². The van der Waals surface area contributed by atoms with Crippen LogP contribution in [0, 0.1) is 5.41 Å². The van der Waals surface area contributed by atoms with E-state index in [4.69, 9.17) is 4.74 Å². The van der Waals surface area contributed by atoms with Crippen molar-refractivity contribution >= 4 is 5.97 Å². The molecule has 5 nitrogen and oxygen atoms in total. The van der Waals surface area contributed by atoms with Gasteiger partial charge in [0.25, 0.3) is 0 Å². The third-order valence-corrected chi connectivity index (χ3v) is 3.68. The fraction of sp³-hybridized carbons (Fsp3) is 0.909. The number of ether oxygens (including phenoxy) is 1. The Bertz CT molecular complexity index is 256. The molecule has 0 aromatic heterocycles. The second-order valence-electron chi connectivity index (χ2n) is 4.97. The summed E-state index contributed by atoms with van der Waals surface area (Å²) in [7, 11) is 2.10. The van der Waals surface area contributed by atoms with E-state index in [0.29, 0.717) is 26.2 Å². The quantitative estimate of drug-likeness (QED) is 0.720. The van der Waals surface area contributed by atoms with Gasteiger partial charge in [-0.15, -0.1) is 0 Å². The fourth-order valence-electron chi connectivity index (χ4n) is 2.40. The highest BCUT2D eigenvalue weighted by atomic mass is 16.5. The summed E-state index contributed by atoms with van der Waals surface area (Å²) >= 11 is 0. The third-order valence-electron chi connectivity index (χ3n) is 3.68. The van der Waals surface area contributed by atoms with Gasteiger partial charge in [-0.05, 0) is 13.5 Å². The molecular formula is C11H20N2O3. The highest BCUT2D eigenvalue weighted by molar-refractivity contribution is 5.75. The molecule has 1 atom stereocenters. The lowest BCUT2D eigenvalue weighted by molar-refractivity contribution is -0.150. The third kappa shape index (κ3) is 2.36. The van der Waals surface area contributed by atoms with E-state index in [2.05, 4.69) is 16.8 Å². The maximum absolute atomic E-state index is 11.3. The second kappa shape index (κ2) is 4.69. The minimum Gasteiger partial charge on any atom is -0.481 e. The minimum atomic E-state index is -0.705. The number of nitrogens with zero attached hydrogens (tertiary/aromatic N) is 2. The Balaban J connectivity index is 1.93. The molecule has 2 rings (SSSR count). The first-order chi connectivity index (χ1) is 7.62. The van der Waals surface area contributed by atoms with Gasteiger partial charge in [-0.25, -0.2) is 0 Å². The molecule has 0 spiro atoms. The summed E-state index contributed by atoms with van der Waals surface area (Å²) in [5.74, 6) is -0.705. The van der Waals surface area contributed by atoms with Crippen molar-refractivity contribution in [3.63, 3.8) is 0 Å². The summed E-state index contributed by atoms with van der Waals surface area (Å²) < 4.78 is 5.27. The minimum absolute atomic E-state index is 0.370. The molecule has 1 unspecified atom stereocenters. The van der Waals surface area contributed by atoms with Crippen LogP contribution in [0.5, 0.6) is 0 Å². The van der Waals surface area contributed by atoms with Crippen LogP contribution in [0.15, 0.2) is 0 Å². The van der Waals surface area contributed by atoms with Crippen LogP contribution in [0.2, 0.25) is 0 Å². The van der Waals surface area contributed by atoms with Gasteiger partial charge in [0.1, 0.15) is 5.41 Å². The van der Waals surface area contributed by atoms with Crippen molar-refractivity contribution in [2.24, 2.45) is 5.41 Å². The van der Waals surface area contributed by atoms with Gasteiger partial charge >= 0.3 is 5.97 Å². The Morgan fingerprint density at radius 3 is 2.56 bits per heavy atom. The average molecular weight is 228 g/mol. The van der Waals surface area contributed by atoms with Crippen molar-refractivity contribution in [3.8, 4) is 0 Å². The van der Waals surface area contributed by atoms with Crippen molar-refractivity contribution in [3.05, 3.63) is 0 Å². The molecule has 2 aliphatic rings. The molecule has 0 saturated carbocycles. The number of aliphatic carboxylic acids is 1. The van der Waals surface area contributed by atoms with Crippen molar-refractivity contribution in [2.45, 2.75) is 6.42 Å². The summed E-state index contributed by atoms with van der Waals surface area (Å²) in [6.45, 7) is 5.56. The monoisotopic (exact) mass is 228 g/mol. The van der Waals surface area contributed by atoms with Crippen molar-refractivity contribution < 1.29 is 14.6 Å². The first kappa shape index (κ1) is 11.8. The smallest absolute Gasteiger partial charge is 0.313 e. The average Bonchev–Trinajstić information content (AvgIpc) is 2.71. The van der Waals surface area contributed by atoms with E-state index in [1.54, 1.807) is 0 Å².